The molecule has 6 heteroatoms. The number of rotatable bonds is 11. The first kappa shape index (κ1) is 15.6. The number of hydrogen-bond acceptors (Lipinski definition) is 4. The summed E-state index contributed by atoms with van der Waals surface area (Å²) in [4.78, 5) is 20.8. The largest absolute Gasteiger partial charge is 0.480 e. The summed E-state index contributed by atoms with van der Waals surface area (Å²) in [7, 11) is 0. The van der Waals surface area contributed by atoms with E-state index >= 15 is 0 Å². The molecular weight excluding hydrogens is 246 g/mol. The van der Waals surface area contributed by atoms with E-state index in [1.54, 1.807) is 11.8 Å². The molecule has 0 aliphatic carbocycles. The number of aliphatic carboxylic acids is 1. The second kappa shape index (κ2) is 11.1. The van der Waals surface area contributed by atoms with Gasteiger partial charge in [0.1, 0.15) is 6.04 Å². The molecule has 4 nitrogen and oxygen atoms in total. The van der Waals surface area contributed by atoms with Gasteiger partial charge in [-0.05, 0) is 35.9 Å². The fourth-order valence-corrected chi connectivity index (χ4v) is 2.85. The Hall–Kier alpha value is -0.360. The van der Waals surface area contributed by atoms with Gasteiger partial charge in [0.2, 0.25) is 6.41 Å². The highest BCUT2D eigenvalue weighted by Crippen LogP contribution is 2.09. The van der Waals surface area contributed by atoms with Gasteiger partial charge in [0.05, 0.1) is 0 Å². The van der Waals surface area contributed by atoms with E-state index in [4.69, 9.17) is 5.11 Å². The zero-order chi connectivity index (χ0) is 12.2. The predicted octanol–water partition coefficient (Wildman–Crippen LogP) is 1.45. The Morgan fingerprint density at radius 1 is 1.38 bits per heavy atom. The number of carbonyl (C=O) groups is 2. The third kappa shape index (κ3) is 8.91. The molecule has 2 N–H and O–H groups in total. The number of carboxylic acid groups (broad SMARTS) is 1. The summed E-state index contributed by atoms with van der Waals surface area (Å²) in [5.41, 5.74) is 0. The van der Waals surface area contributed by atoms with Crippen LogP contribution in [0.25, 0.3) is 0 Å². The minimum atomic E-state index is -0.964. The van der Waals surface area contributed by atoms with Crippen LogP contribution in [0.5, 0.6) is 0 Å². The lowest BCUT2D eigenvalue weighted by atomic mass is 10.2. The number of amides is 1. The van der Waals surface area contributed by atoms with Crippen molar-refractivity contribution in [3.05, 3.63) is 0 Å². The molecule has 0 aromatic carbocycles. The van der Waals surface area contributed by atoms with Gasteiger partial charge in [0.25, 0.3) is 0 Å². The van der Waals surface area contributed by atoms with E-state index in [1.165, 1.54) is 5.75 Å². The molecular formula is C10H19NO3S2. The second-order valence-corrected chi connectivity index (χ2v) is 5.75. The Labute approximate surface area is 105 Å². The van der Waals surface area contributed by atoms with Gasteiger partial charge in [-0.2, -0.15) is 23.5 Å². The Bertz CT molecular complexity index is 203. The van der Waals surface area contributed by atoms with Gasteiger partial charge < -0.3 is 10.4 Å². The van der Waals surface area contributed by atoms with Crippen LogP contribution in [0, 0.1) is 0 Å². The third-order valence-electron chi connectivity index (χ3n) is 1.90. The first-order valence-corrected chi connectivity index (χ1v) is 7.61. The minimum absolute atomic E-state index is 0.446. The van der Waals surface area contributed by atoms with Crippen molar-refractivity contribution in [3.8, 4) is 0 Å². The van der Waals surface area contributed by atoms with E-state index in [9.17, 15) is 9.59 Å². The molecule has 1 unspecified atom stereocenters. The quantitative estimate of drug-likeness (QED) is 0.437. The van der Waals surface area contributed by atoms with Crippen molar-refractivity contribution in [2.24, 2.45) is 0 Å². The Morgan fingerprint density at radius 2 is 2.06 bits per heavy atom. The fraction of sp³-hybridized carbons (Fsp3) is 0.800. The molecule has 1 amide bonds. The molecule has 0 aliphatic heterocycles. The van der Waals surface area contributed by atoms with Crippen LogP contribution in [0.15, 0.2) is 0 Å². The molecule has 94 valence electrons. The molecule has 0 saturated carbocycles. The smallest absolute Gasteiger partial charge is 0.326 e. The van der Waals surface area contributed by atoms with Crippen LogP contribution in [-0.2, 0) is 9.59 Å². The highest BCUT2D eigenvalue weighted by molar-refractivity contribution is 8.00. The molecule has 0 aromatic rings. The van der Waals surface area contributed by atoms with Crippen molar-refractivity contribution in [3.63, 3.8) is 0 Å². The van der Waals surface area contributed by atoms with E-state index in [0.717, 1.165) is 23.7 Å². The van der Waals surface area contributed by atoms with Gasteiger partial charge in [-0.25, -0.2) is 4.79 Å². The average Bonchev–Trinajstić information content (AvgIpc) is 2.26. The Balaban J connectivity index is 3.40. The van der Waals surface area contributed by atoms with Crippen molar-refractivity contribution in [1.29, 1.82) is 0 Å². The molecule has 0 aromatic heterocycles. The standard InChI is InChI=1S/C10H19NO3S2/c1-2-15-5-3-6-16-7-4-9(10(13)14)11-8-12/h8-9H,2-7H2,1H3,(H,11,12)(H,13,14). The summed E-state index contributed by atoms with van der Waals surface area (Å²) in [6.07, 6.45) is 2.09. The Morgan fingerprint density at radius 3 is 2.62 bits per heavy atom. The lowest BCUT2D eigenvalue weighted by molar-refractivity contribution is -0.140. The SMILES string of the molecule is CCSCCCSCCC(NC=O)C(=O)O. The van der Waals surface area contributed by atoms with Gasteiger partial charge in [0.15, 0.2) is 0 Å². The number of carboxylic acids is 1. The van der Waals surface area contributed by atoms with Crippen LogP contribution in [0.1, 0.15) is 19.8 Å². The fourth-order valence-electron chi connectivity index (χ4n) is 1.07. The van der Waals surface area contributed by atoms with Gasteiger partial charge in [-0.3, -0.25) is 4.79 Å². The third-order valence-corrected chi connectivity index (χ3v) is 3.99. The zero-order valence-corrected chi connectivity index (χ0v) is 11.1. The van der Waals surface area contributed by atoms with E-state index < -0.39 is 12.0 Å². The highest BCUT2D eigenvalue weighted by Gasteiger charge is 2.14. The highest BCUT2D eigenvalue weighted by atomic mass is 32.2. The summed E-state index contributed by atoms with van der Waals surface area (Å²) in [5.74, 6) is 3.18. The number of nitrogens with one attached hydrogen (secondary N) is 1. The summed E-state index contributed by atoms with van der Waals surface area (Å²) in [6, 6.07) is -0.741. The van der Waals surface area contributed by atoms with E-state index in [1.807, 2.05) is 11.8 Å². The van der Waals surface area contributed by atoms with Crippen molar-refractivity contribution >= 4 is 35.9 Å². The normalized spacial score (nSPS) is 12.1. The maximum absolute atomic E-state index is 10.7. The lowest BCUT2D eigenvalue weighted by Crippen LogP contribution is -2.36. The van der Waals surface area contributed by atoms with Crippen molar-refractivity contribution in [2.45, 2.75) is 25.8 Å². The molecule has 0 saturated heterocycles. The summed E-state index contributed by atoms with van der Waals surface area (Å²) >= 11 is 3.66. The van der Waals surface area contributed by atoms with Gasteiger partial charge in [-0.1, -0.05) is 6.92 Å². The molecule has 0 aliphatic rings. The van der Waals surface area contributed by atoms with Crippen LogP contribution in [0.3, 0.4) is 0 Å². The van der Waals surface area contributed by atoms with Gasteiger partial charge >= 0.3 is 5.97 Å². The van der Waals surface area contributed by atoms with Crippen molar-refractivity contribution in [1.82, 2.24) is 5.32 Å². The minimum Gasteiger partial charge on any atom is -0.480 e. The average molecular weight is 265 g/mol. The van der Waals surface area contributed by atoms with Crippen molar-refractivity contribution in [2.75, 3.05) is 23.0 Å². The van der Waals surface area contributed by atoms with Crippen LogP contribution >= 0.6 is 23.5 Å². The number of hydrogen-bond donors (Lipinski definition) is 2. The maximum Gasteiger partial charge on any atom is 0.326 e. The second-order valence-electron chi connectivity index (χ2n) is 3.13. The van der Waals surface area contributed by atoms with Gasteiger partial charge in [-0.15, -0.1) is 0 Å². The molecule has 0 bridgehead atoms. The van der Waals surface area contributed by atoms with Crippen LogP contribution in [0.2, 0.25) is 0 Å². The van der Waals surface area contributed by atoms with E-state index in [-0.39, 0.29) is 0 Å². The van der Waals surface area contributed by atoms with Crippen LogP contribution < -0.4 is 5.32 Å². The molecule has 0 fully saturated rings. The predicted molar refractivity (Wildman–Crippen MR) is 70.2 cm³/mol. The lowest BCUT2D eigenvalue weighted by Gasteiger charge is -2.10. The molecule has 0 rings (SSSR count). The van der Waals surface area contributed by atoms with E-state index in [0.29, 0.717) is 12.8 Å². The summed E-state index contributed by atoms with van der Waals surface area (Å²) < 4.78 is 0. The molecule has 16 heavy (non-hydrogen) atoms. The first-order valence-electron chi connectivity index (χ1n) is 5.30. The number of carbonyl (C=O) groups excluding carboxylic acids is 1. The monoisotopic (exact) mass is 265 g/mol. The first-order chi connectivity index (χ1) is 7.72. The zero-order valence-electron chi connectivity index (χ0n) is 9.48. The summed E-state index contributed by atoms with van der Waals surface area (Å²) in [5, 5.41) is 11.0. The van der Waals surface area contributed by atoms with Crippen molar-refractivity contribution < 1.29 is 14.7 Å². The molecule has 0 radical (unpaired) electrons. The summed E-state index contributed by atoms with van der Waals surface area (Å²) in [6.45, 7) is 2.14. The molecule has 0 heterocycles. The van der Waals surface area contributed by atoms with E-state index in [2.05, 4.69) is 12.2 Å². The Kier molecular flexibility index (Phi) is 10.9. The molecule has 1 atom stereocenters. The topological polar surface area (TPSA) is 66.4 Å². The maximum atomic E-state index is 10.7. The van der Waals surface area contributed by atoms with Crippen LogP contribution in [-0.4, -0.2) is 46.5 Å². The number of thioether (sulfide) groups is 2. The van der Waals surface area contributed by atoms with Gasteiger partial charge in [0, 0.05) is 0 Å². The molecule has 0 spiro atoms. The van der Waals surface area contributed by atoms with Crippen LogP contribution in [0.4, 0.5) is 0 Å².